The number of rotatable bonds is 5. The average molecular weight is 463 g/mol. The van der Waals surface area contributed by atoms with Gasteiger partial charge in [0, 0.05) is 20.1 Å². The molecule has 11 heteroatoms. The van der Waals surface area contributed by atoms with Crippen molar-refractivity contribution in [3.63, 3.8) is 0 Å². The Morgan fingerprint density at radius 3 is 2.20 bits per heavy atom. The number of imide groups is 1. The number of azo groups is 1. The summed E-state index contributed by atoms with van der Waals surface area (Å²) in [5.74, 6) is -1.50. The van der Waals surface area contributed by atoms with E-state index < -0.39 is 34.6 Å². The van der Waals surface area contributed by atoms with Gasteiger partial charge in [-0.2, -0.15) is 0 Å². The molecule has 3 rings (SSSR count). The molecule has 0 aliphatic carbocycles. The van der Waals surface area contributed by atoms with Crippen molar-refractivity contribution in [2.45, 2.75) is 32.7 Å². The van der Waals surface area contributed by atoms with Crippen molar-refractivity contribution in [1.82, 2.24) is 14.0 Å². The van der Waals surface area contributed by atoms with E-state index in [1.54, 1.807) is 12.1 Å². The summed E-state index contributed by atoms with van der Waals surface area (Å²) in [6.45, 7) is 3.80. The Balaban J connectivity index is 0.00000320. The number of aromatic nitrogens is 2. The van der Waals surface area contributed by atoms with E-state index in [-0.39, 0.29) is 39.9 Å². The Hall–Kier alpha value is -3.04. The molecule has 1 radical (unpaired) electrons. The minimum Gasteiger partial charge on any atom is -0.493 e. The van der Waals surface area contributed by atoms with Crippen molar-refractivity contribution in [1.29, 1.82) is 0 Å². The average Bonchev–Trinajstić information content (AvgIpc) is 2.97. The molecule has 1 aromatic carbocycles. The van der Waals surface area contributed by atoms with E-state index in [0.717, 1.165) is 9.13 Å². The van der Waals surface area contributed by atoms with Gasteiger partial charge in [-0.1, -0.05) is 19.9 Å². The van der Waals surface area contributed by atoms with E-state index >= 15 is 0 Å². The topological polar surface area (TPSA) is 126 Å². The van der Waals surface area contributed by atoms with E-state index in [1.807, 2.05) is 13.8 Å². The second-order valence-electron chi connectivity index (χ2n) is 6.73. The van der Waals surface area contributed by atoms with Crippen molar-refractivity contribution >= 4 is 23.2 Å². The Labute approximate surface area is 182 Å². The minimum absolute atomic E-state index is 0. The molecule has 1 N–H and O–H groups in total. The zero-order valence-electron chi connectivity index (χ0n) is 16.8. The number of amides is 2. The van der Waals surface area contributed by atoms with Crippen LogP contribution in [0, 0.1) is 0 Å². The molecule has 1 aliphatic heterocycles. The number of benzene rings is 1. The fraction of sp³-hybridized carbons (Fsp3) is 0.368. The summed E-state index contributed by atoms with van der Waals surface area (Å²) in [5, 5.41) is 17.8. The molecule has 2 heterocycles. The van der Waals surface area contributed by atoms with Crippen LogP contribution in [0.25, 0.3) is 0 Å². The van der Waals surface area contributed by atoms with Gasteiger partial charge in [0.15, 0.2) is 0 Å². The van der Waals surface area contributed by atoms with E-state index in [1.165, 1.54) is 25.1 Å². The first-order valence-electron chi connectivity index (χ1n) is 9.16. The van der Waals surface area contributed by atoms with Gasteiger partial charge in [-0.15, -0.1) is 10.2 Å². The molecular formula is C19H21CuN5O5+2. The van der Waals surface area contributed by atoms with Gasteiger partial charge in [0.2, 0.25) is 11.6 Å². The van der Waals surface area contributed by atoms with Gasteiger partial charge in [-0.05, 0) is 25.0 Å². The monoisotopic (exact) mass is 462 g/mol. The Bertz CT molecular complexity index is 1160. The van der Waals surface area contributed by atoms with Crippen LogP contribution in [0.2, 0.25) is 0 Å². The SMILES string of the molecule is CCC(CC)N1C(=O)c2cccc(N=Nc3c(O)n(C)c(=O)n(C)c3=O)c2C1=O.[Cu+2]. The maximum Gasteiger partial charge on any atom is 2.00 e. The first-order chi connectivity index (χ1) is 13.7. The first kappa shape index (κ1) is 23.2. The number of carbonyl (C=O) groups excluding carboxylic acids is 2. The number of aromatic hydroxyl groups is 1. The minimum atomic E-state index is -0.831. The Morgan fingerprint density at radius 2 is 1.60 bits per heavy atom. The van der Waals surface area contributed by atoms with Crippen molar-refractivity contribution in [2.24, 2.45) is 24.3 Å². The van der Waals surface area contributed by atoms with E-state index in [9.17, 15) is 24.3 Å². The van der Waals surface area contributed by atoms with Crippen LogP contribution in [0.5, 0.6) is 5.88 Å². The molecule has 0 saturated carbocycles. The molecule has 161 valence electrons. The summed E-state index contributed by atoms with van der Waals surface area (Å²) >= 11 is 0. The second kappa shape index (κ2) is 8.76. The zero-order valence-corrected chi connectivity index (χ0v) is 17.8. The molecule has 0 saturated heterocycles. The fourth-order valence-electron chi connectivity index (χ4n) is 3.36. The molecule has 0 fully saturated rings. The summed E-state index contributed by atoms with van der Waals surface area (Å²) in [6.07, 6.45) is 1.25. The number of carbonyl (C=O) groups is 2. The van der Waals surface area contributed by atoms with Crippen LogP contribution < -0.4 is 11.2 Å². The van der Waals surface area contributed by atoms with Crippen molar-refractivity contribution in [3.05, 3.63) is 50.2 Å². The van der Waals surface area contributed by atoms with Crippen LogP contribution in [-0.2, 0) is 31.2 Å². The van der Waals surface area contributed by atoms with E-state index in [0.29, 0.717) is 12.8 Å². The summed E-state index contributed by atoms with van der Waals surface area (Å²) in [5.41, 5.74) is -1.56. The smallest absolute Gasteiger partial charge is 0.493 e. The summed E-state index contributed by atoms with van der Waals surface area (Å²) in [4.78, 5) is 51.0. The van der Waals surface area contributed by atoms with E-state index in [2.05, 4.69) is 10.2 Å². The number of hydrogen-bond donors (Lipinski definition) is 1. The molecule has 2 amide bonds. The number of nitrogens with zero attached hydrogens (tertiary/aromatic N) is 5. The van der Waals surface area contributed by atoms with Crippen LogP contribution >= 0.6 is 0 Å². The van der Waals surface area contributed by atoms with E-state index in [4.69, 9.17) is 0 Å². The Morgan fingerprint density at radius 1 is 0.967 bits per heavy atom. The summed E-state index contributed by atoms with van der Waals surface area (Å²) < 4.78 is 1.64. The fourth-order valence-corrected chi connectivity index (χ4v) is 3.36. The third-order valence-corrected chi connectivity index (χ3v) is 5.10. The molecule has 10 nitrogen and oxygen atoms in total. The molecule has 30 heavy (non-hydrogen) atoms. The van der Waals surface area contributed by atoms with Crippen molar-refractivity contribution in [3.8, 4) is 5.88 Å². The molecule has 0 atom stereocenters. The third-order valence-electron chi connectivity index (χ3n) is 5.10. The molecule has 1 aromatic heterocycles. The maximum atomic E-state index is 12.9. The first-order valence-corrected chi connectivity index (χ1v) is 9.16. The predicted molar refractivity (Wildman–Crippen MR) is 104 cm³/mol. The van der Waals surface area contributed by atoms with Crippen LogP contribution in [0.3, 0.4) is 0 Å². The van der Waals surface area contributed by atoms with Crippen molar-refractivity contribution in [2.75, 3.05) is 0 Å². The van der Waals surface area contributed by atoms with Gasteiger partial charge < -0.3 is 5.11 Å². The van der Waals surface area contributed by atoms with Gasteiger partial charge in [-0.3, -0.25) is 28.4 Å². The van der Waals surface area contributed by atoms with Crippen LogP contribution in [0.1, 0.15) is 47.4 Å². The van der Waals surface area contributed by atoms with Gasteiger partial charge in [0.1, 0.15) is 0 Å². The molecule has 0 unspecified atom stereocenters. The van der Waals surface area contributed by atoms with Gasteiger partial charge in [0.25, 0.3) is 17.4 Å². The molecule has 1 aliphatic rings. The Kier molecular flexibility index (Phi) is 6.79. The van der Waals surface area contributed by atoms with Gasteiger partial charge >= 0.3 is 22.8 Å². The summed E-state index contributed by atoms with van der Waals surface area (Å²) in [7, 11) is 2.53. The standard InChI is InChI=1S/C19H21N5O5.Cu/c1-5-10(6-2)24-15(25)11-8-7-9-12(13(11)16(24)26)20-21-14-17(27)22(3)19(29)23(4)18(14)28;/h7-10,27H,5-6H2,1-4H3;/q;+2. The summed E-state index contributed by atoms with van der Waals surface area (Å²) in [6, 6.07) is 4.37. The van der Waals surface area contributed by atoms with Crippen LogP contribution in [0.15, 0.2) is 38.0 Å². The zero-order chi connectivity index (χ0) is 21.5. The van der Waals surface area contributed by atoms with Crippen molar-refractivity contribution < 1.29 is 31.8 Å². The molecule has 2 aromatic rings. The normalized spacial score (nSPS) is 13.3. The van der Waals surface area contributed by atoms with Crippen LogP contribution in [0.4, 0.5) is 11.4 Å². The molecule has 0 bridgehead atoms. The van der Waals surface area contributed by atoms with Gasteiger partial charge in [0.05, 0.1) is 16.8 Å². The van der Waals surface area contributed by atoms with Crippen LogP contribution in [-0.4, -0.2) is 37.0 Å². The maximum absolute atomic E-state index is 12.9. The molecular weight excluding hydrogens is 442 g/mol. The third kappa shape index (κ3) is 3.50. The predicted octanol–water partition coefficient (Wildman–Crippen LogP) is 1.99. The largest absolute Gasteiger partial charge is 2.00 e. The van der Waals surface area contributed by atoms with Gasteiger partial charge in [-0.25, -0.2) is 4.79 Å². The molecule has 0 spiro atoms. The number of fused-ring (bicyclic) bond motifs is 1. The quantitative estimate of drug-likeness (QED) is 0.413. The second-order valence-corrected chi connectivity index (χ2v) is 6.73. The number of hydrogen-bond acceptors (Lipinski definition) is 7.